The normalized spacial score (nSPS) is 16.4. The molecule has 3 aliphatic rings. The zero-order valence-electron chi connectivity index (χ0n) is 51.3. The third-order valence-corrected chi connectivity index (χ3v) is 14.4. The largest absolute Gasteiger partial charge is 0.507 e. The Hall–Kier alpha value is -9.21. The Labute approximate surface area is 537 Å². The van der Waals surface area contributed by atoms with Crippen molar-refractivity contribution >= 4 is 34.8 Å². The summed E-state index contributed by atoms with van der Waals surface area (Å²) in [6.45, 7) is 7.79. The maximum absolute atomic E-state index is 14.3. The van der Waals surface area contributed by atoms with Gasteiger partial charge in [0.25, 0.3) is 17.7 Å². The third kappa shape index (κ3) is 19.9. The molecule has 7 aromatic carbocycles. The van der Waals surface area contributed by atoms with Crippen LogP contribution >= 0.6 is 0 Å². The number of carbonyl (C=O) groups excluding carboxylic acids is 3. The molecular weight excluding hydrogens is 1210 g/mol. The maximum Gasteiger partial charge on any atom is 0.259 e. The summed E-state index contributed by atoms with van der Waals surface area (Å²) in [5, 5.41) is 42.7. The van der Waals surface area contributed by atoms with E-state index in [0.717, 1.165) is 0 Å². The second-order valence-corrected chi connectivity index (χ2v) is 20.9. The van der Waals surface area contributed by atoms with Crippen LogP contribution in [0.4, 0.5) is 17.1 Å². The van der Waals surface area contributed by atoms with Gasteiger partial charge in [0, 0.05) is 35.3 Å². The molecule has 3 amide bonds. The quantitative estimate of drug-likeness (QED) is 0.0786. The van der Waals surface area contributed by atoms with Crippen LogP contribution in [-0.4, -0.2) is 192 Å². The summed E-state index contributed by atoms with van der Waals surface area (Å²) in [5.74, 6) is -0.569. The fraction of sp³-hybridized carbons (Fsp3) is 0.348. The molecule has 7 aromatic rings. The number of amides is 3. The van der Waals surface area contributed by atoms with Crippen LogP contribution in [0.3, 0.4) is 0 Å². The van der Waals surface area contributed by atoms with E-state index in [2.05, 4.69) is 16.0 Å². The average Bonchev–Trinajstić information content (AvgIpc) is 0.853. The molecule has 24 heteroatoms. The monoisotopic (exact) mass is 1280 g/mol. The lowest BCUT2D eigenvalue weighted by molar-refractivity contribution is 0.00708. The van der Waals surface area contributed by atoms with E-state index in [0.29, 0.717) is 184 Å². The summed E-state index contributed by atoms with van der Waals surface area (Å²) in [6, 6.07) is 34.0. The summed E-state index contributed by atoms with van der Waals surface area (Å²) in [7, 11) is 0. The van der Waals surface area contributed by atoms with Gasteiger partial charge in [-0.3, -0.25) is 14.4 Å². The summed E-state index contributed by atoms with van der Waals surface area (Å²) >= 11 is 0. The summed E-state index contributed by atoms with van der Waals surface area (Å²) in [4.78, 5) is 42.9. The smallest absolute Gasteiger partial charge is 0.259 e. The highest BCUT2D eigenvalue weighted by Gasteiger charge is 2.22. The van der Waals surface area contributed by atoms with Crippen LogP contribution < -0.4 is 44.4 Å². The fourth-order valence-electron chi connectivity index (χ4n) is 9.76. The fourth-order valence-corrected chi connectivity index (χ4v) is 9.76. The van der Waals surface area contributed by atoms with Gasteiger partial charge in [-0.1, -0.05) is 18.2 Å². The molecule has 0 radical (unpaired) electrons. The van der Waals surface area contributed by atoms with Crippen LogP contribution in [0.2, 0.25) is 0 Å². The molecule has 24 nitrogen and oxygen atoms in total. The minimum atomic E-state index is -0.647. The van der Waals surface area contributed by atoms with Crippen molar-refractivity contribution in [2.75, 3.05) is 175 Å². The summed E-state index contributed by atoms with van der Waals surface area (Å²) < 4.78 is 86.4. The van der Waals surface area contributed by atoms with Crippen LogP contribution in [-0.2, 0) is 42.6 Å². The van der Waals surface area contributed by atoms with E-state index in [9.17, 15) is 29.7 Å². The molecule has 0 unspecified atom stereocenters. The molecule has 492 valence electrons. The Morgan fingerprint density at radius 2 is 0.452 bits per heavy atom. The number of hydrogen-bond donors (Lipinski definition) is 6. The molecule has 0 fully saturated rings. The van der Waals surface area contributed by atoms with E-state index in [4.69, 9.17) is 71.1 Å². The molecule has 3 heterocycles. The topological polar surface area (TPSA) is 286 Å². The first-order valence-electron chi connectivity index (χ1n) is 30.6. The van der Waals surface area contributed by atoms with Gasteiger partial charge in [0.2, 0.25) is 0 Å². The molecule has 0 aliphatic carbocycles. The number of anilines is 3. The van der Waals surface area contributed by atoms with Crippen molar-refractivity contribution in [3.8, 4) is 85.1 Å². The molecule has 0 bridgehead atoms. The molecule has 10 rings (SSSR count). The van der Waals surface area contributed by atoms with Gasteiger partial charge in [0.15, 0.2) is 34.5 Å². The summed E-state index contributed by atoms with van der Waals surface area (Å²) in [5.41, 5.74) is 3.84. The van der Waals surface area contributed by atoms with Gasteiger partial charge >= 0.3 is 0 Å². The van der Waals surface area contributed by atoms with Crippen molar-refractivity contribution < 1.29 is 101 Å². The Bertz CT molecular complexity index is 3240. The van der Waals surface area contributed by atoms with Gasteiger partial charge in [0.05, 0.1) is 136 Å². The second-order valence-electron chi connectivity index (χ2n) is 20.9. The van der Waals surface area contributed by atoms with Crippen LogP contribution in [0.15, 0.2) is 127 Å². The number of phenols is 3. The molecule has 3 aliphatic heterocycles. The van der Waals surface area contributed by atoms with Crippen LogP contribution in [0, 0.1) is 0 Å². The Morgan fingerprint density at radius 1 is 0.237 bits per heavy atom. The minimum Gasteiger partial charge on any atom is -0.507 e. The zero-order valence-corrected chi connectivity index (χ0v) is 51.3. The highest BCUT2D eigenvalue weighted by atomic mass is 16.6. The number of hydrogen-bond acceptors (Lipinski definition) is 21. The van der Waals surface area contributed by atoms with Crippen molar-refractivity contribution in [2.24, 2.45) is 0 Å². The van der Waals surface area contributed by atoms with Crippen molar-refractivity contribution in [3.05, 3.63) is 144 Å². The SMILES string of the molecule is O=C(Nc1ccc2c(c1)OCCOCCOCCOCCO2)c1cc(-c2cc(-c3ccc(O)c(C(=O)Nc4ccc5c(c4)OCCOCCOCCOCCO5)c3)cc(-c3ccc(O)c(C(=O)Nc4ccc5c(c4)OCCOCCOCCOCCO5)c3)c2)ccc1O. The lowest BCUT2D eigenvalue weighted by Gasteiger charge is -2.16. The first-order chi connectivity index (χ1) is 45.6. The molecule has 0 aromatic heterocycles. The lowest BCUT2D eigenvalue weighted by Crippen LogP contribution is -2.14. The van der Waals surface area contributed by atoms with Crippen LogP contribution in [0.25, 0.3) is 33.4 Å². The number of rotatable bonds is 9. The minimum absolute atomic E-state index is 0.0743. The number of phenolic OH excluding ortho intramolecular Hbond substituents is 3. The van der Waals surface area contributed by atoms with Crippen molar-refractivity contribution in [1.82, 2.24) is 0 Å². The third-order valence-electron chi connectivity index (χ3n) is 14.4. The number of ether oxygens (including phenoxy) is 15. The van der Waals surface area contributed by atoms with E-state index >= 15 is 0 Å². The Balaban J connectivity index is 0.953. The standard InChI is InChI=1S/C69H75N3O21/c73-58-7-1-46(40-55(58)67(76)70-52-4-10-61-64(43-52)91-34-28-85-22-16-79-13-19-82-25-31-88-61)49-37-50(47-2-8-59(74)56(41-47)68(77)71-53-5-11-62-65(44-53)92-35-29-86-23-17-80-14-20-83-26-32-89-62)39-51(38-49)48-3-9-60(75)57(42-48)69(78)72-54-6-12-63-66(45-54)93-36-30-87-24-18-81-15-21-84-27-33-90-63/h1-12,37-45,73-75H,13-36H2,(H,70,76)(H,71,77)(H,72,78). The molecule has 0 atom stereocenters. The van der Waals surface area contributed by atoms with E-state index in [1.807, 2.05) is 18.2 Å². The molecule has 6 N–H and O–H groups in total. The molecule has 0 saturated heterocycles. The van der Waals surface area contributed by atoms with Gasteiger partial charge < -0.3 is 102 Å². The van der Waals surface area contributed by atoms with E-state index in [-0.39, 0.29) is 93.4 Å². The van der Waals surface area contributed by atoms with Crippen LogP contribution in [0.5, 0.6) is 51.7 Å². The molecular formula is C69H75N3O21. The molecule has 93 heavy (non-hydrogen) atoms. The Kier molecular flexibility index (Phi) is 25.1. The van der Waals surface area contributed by atoms with Gasteiger partial charge in [-0.2, -0.15) is 0 Å². The predicted molar refractivity (Wildman–Crippen MR) is 341 cm³/mol. The van der Waals surface area contributed by atoms with E-state index in [1.54, 1.807) is 72.8 Å². The number of fused-ring (bicyclic) bond motifs is 3. The number of benzene rings is 7. The predicted octanol–water partition coefficient (Wildman–Crippen LogP) is 9.02. The van der Waals surface area contributed by atoms with Gasteiger partial charge in [0.1, 0.15) is 56.9 Å². The molecule has 0 saturated carbocycles. The van der Waals surface area contributed by atoms with Crippen molar-refractivity contribution in [1.29, 1.82) is 0 Å². The lowest BCUT2D eigenvalue weighted by atomic mass is 9.91. The first-order valence-corrected chi connectivity index (χ1v) is 30.6. The maximum atomic E-state index is 14.3. The molecule has 0 spiro atoms. The van der Waals surface area contributed by atoms with E-state index < -0.39 is 17.7 Å². The number of nitrogens with one attached hydrogen (secondary N) is 3. The second kappa shape index (κ2) is 35.0. The highest BCUT2D eigenvalue weighted by molar-refractivity contribution is 6.09. The number of carbonyl (C=O) groups is 3. The van der Waals surface area contributed by atoms with Crippen LogP contribution in [0.1, 0.15) is 31.1 Å². The first kappa shape index (κ1) is 66.7. The number of aromatic hydroxyl groups is 3. The van der Waals surface area contributed by atoms with Crippen molar-refractivity contribution in [2.45, 2.75) is 0 Å². The Morgan fingerprint density at radius 3 is 0.688 bits per heavy atom. The average molecular weight is 1280 g/mol. The van der Waals surface area contributed by atoms with E-state index in [1.165, 1.54) is 36.4 Å². The van der Waals surface area contributed by atoms with Gasteiger partial charge in [-0.25, -0.2) is 0 Å². The summed E-state index contributed by atoms with van der Waals surface area (Å²) in [6.07, 6.45) is 0. The van der Waals surface area contributed by atoms with Gasteiger partial charge in [-0.15, -0.1) is 0 Å². The zero-order chi connectivity index (χ0) is 64.4. The highest BCUT2D eigenvalue weighted by Crippen LogP contribution is 2.39. The van der Waals surface area contributed by atoms with Gasteiger partial charge in [-0.05, 0) is 124 Å². The van der Waals surface area contributed by atoms with Crippen molar-refractivity contribution in [3.63, 3.8) is 0 Å².